The summed E-state index contributed by atoms with van der Waals surface area (Å²) in [5.41, 5.74) is 2.69. The molecule has 0 aliphatic rings. The highest BCUT2D eigenvalue weighted by atomic mass is 16.7. The van der Waals surface area contributed by atoms with Crippen LogP contribution in [-0.2, 0) is 12.8 Å². The Kier molecular flexibility index (Phi) is 9.27. The maximum absolute atomic E-state index is 12.2. The third-order valence-corrected chi connectivity index (χ3v) is 5.02. The van der Waals surface area contributed by atoms with Crippen molar-refractivity contribution in [1.29, 1.82) is 0 Å². The van der Waals surface area contributed by atoms with Gasteiger partial charge >= 0.3 is 6.16 Å². The monoisotopic (exact) mass is 448 g/mol. The first-order chi connectivity index (χ1) is 16.1. The van der Waals surface area contributed by atoms with E-state index in [4.69, 9.17) is 9.84 Å². The van der Waals surface area contributed by atoms with Crippen molar-refractivity contribution in [3.05, 3.63) is 89.7 Å². The van der Waals surface area contributed by atoms with Gasteiger partial charge in [-0.2, -0.15) is 0 Å². The van der Waals surface area contributed by atoms with Gasteiger partial charge in [-0.25, -0.2) is 4.79 Å². The Bertz CT molecular complexity index is 1020. The van der Waals surface area contributed by atoms with Crippen LogP contribution in [0.3, 0.4) is 0 Å². The lowest BCUT2D eigenvalue weighted by Crippen LogP contribution is -2.25. The van der Waals surface area contributed by atoms with Crippen molar-refractivity contribution < 1.29 is 24.2 Å². The van der Waals surface area contributed by atoms with E-state index in [1.165, 1.54) is 24.0 Å². The number of carbonyl (C=O) groups excluding carboxylic acids is 1. The molecule has 0 unspecified atom stereocenters. The molecule has 2 N–H and O–H groups in total. The number of amides is 1. The fraction of sp³-hybridized carbons (Fsp3) is 0.269. The first-order valence-electron chi connectivity index (χ1n) is 11.0. The van der Waals surface area contributed by atoms with Crippen LogP contribution in [-0.4, -0.2) is 35.3 Å². The second-order valence-corrected chi connectivity index (χ2v) is 7.57. The predicted molar refractivity (Wildman–Crippen MR) is 125 cm³/mol. The Labute approximate surface area is 193 Å². The number of unbranched alkanes of at least 4 members (excludes halogenated alkanes) is 2. The molecule has 7 nitrogen and oxygen atoms in total. The van der Waals surface area contributed by atoms with Gasteiger partial charge in [0.25, 0.3) is 5.91 Å². The third-order valence-electron chi connectivity index (χ3n) is 5.02. The summed E-state index contributed by atoms with van der Waals surface area (Å²) < 4.78 is 10.3. The summed E-state index contributed by atoms with van der Waals surface area (Å²) in [6, 6.07) is 19.7. The van der Waals surface area contributed by atoms with Crippen LogP contribution in [0.1, 0.15) is 40.7 Å². The number of carboxylic acid groups (broad SMARTS) is 1. The van der Waals surface area contributed by atoms with Gasteiger partial charge in [0.1, 0.15) is 5.75 Å². The first kappa shape index (κ1) is 23.8. The molecule has 0 atom stereocenters. The number of ether oxygens (including phenoxy) is 2. The summed E-state index contributed by atoms with van der Waals surface area (Å²) in [4.78, 5) is 26.6. The standard InChI is InChI=1S/C26H28N2O5/c29-25(22-17-24(19-27-18-22)33-26(30)31)28-15-14-21-10-12-23(13-11-21)32-16-6-2-5-9-20-7-3-1-4-8-20/h1,3-4,7-8,10-13,17-19H,2,5-6,9,14-16H2,(H,28,29)(H,30,31). The quantitative estimate of drug-likeness (QED) is 0.302. The average molecular weight is 449 g/mol. The molecule has 0 radical (unpaired) electrons. The maximum Gasteiger partial charge on any atom is 0.511 e. The number of rotatable bonds is 12. The van der Waals surface area contributed by atoms with Gasteiger partial charge in [-0.15, -0.1) is 0 Å². The molecular formula is C26H28N2O5. The summed E-state index contributed by atoms with van der Waals surface area (Å²) >= 11 is 0. The fourth-order valence-electron chi connectivity index (χ4n) is 3.32. The Hall–Kier alpha value is -3.87. The van der Waals surface area contributed by atoms with Gasteiger partial charge in [0.15, 0.2) is 5.75 Å². The minimum Gasteiger partial charge on any atom is -0.494 e. The van der Waals surface area contributed by atoms with Crippen LogP contribution in [0, 0.1) is 0 Å². The molecule has 1 aromatic heterocycles. The van der Waals surface area contributed by atoms with Crippen molar-refractivity contribution in [2.75, 3.05) is 13.2 Å². The Morgan fingerprint density at radius 2 is 1.61 bits per heavy atom. The van der Waals surface area contributed by atoms with E-state index in [-0.39, 0.29) is 17.2 Å². The molecular weight excluding hydrogens is 420 g/mol. The van der Waals surface area contributed by atoms with Gasteiger partial charge in [0, 0.05) is 12.7 Å². The molecule has 0 spiro atoms. The van der Waals surface area contributed by atoms with E-state index in [1.54, 1.807) is 0 Å². The summed E-state index contributed by atoms with van der Waals surface area (Å²) in [6.45, 7) is 1.13. The first-order valence-corrected chi connectivity index (χ1v) is 11.0. The minimum absolute atomic E-state index is 0.00179. The predicted octanol–water partition coefficient (Wildman–Crippen LogP) is 4.90. The van der Waals surface area contributed by atoms with Crippen LogP contribution in [0.2, 0.25) is 0 Å². The molecule has 2 aromatic carbocycles. The van der Waals surface area contributed by atoms with E-state index in [0.29, 0.717) is 19.6 Å². The molecule has 0 saturated carbocycles. The number of benzene rings is 2. The number of hydrogen-bond acceptors (Lipinski definition) is 5. The van der Waals surface area contributed by atoms with Gasteiger partial charge in [-0.05, 0) is 61.4 Å². The number of pyridine rings is 1. The van der Waals surface area contributed by atoms with Crippen molar-refractivity contribution in [2.24, 2.45) is 0 Å². The summed E-state index contributed by atoms with van der Waals surface area (Å²) in [6.07, 6.45) is 6.21. The highest BCUT2D eigenvalue weighted by Gasteiger charge is 2.09. The van der Waals surface area contributed by atoms with E-state index < -0.39 is 6.16 Å². The number of carbonyl (C=O) groups is 2. The fourth-order valence-corrected chi connectivity index (χ4v) is 3.32. The summed E-state index contributed by atoms with van der Waals surface area (Å²) in [5.74, 6) is 0.500. The van der Waals surface area contributed by atoms with Crippen LogP contribution in [0.4, 0.5) is 4.79 Å². The Morgan fingerprint density at radius 1 is 0.848 bits per heavy atom. The number of aromatic nitrogens is 1. The zero-order chi connectivity index (χ0) is 23.3. The molecule has 172 valence electrons. The molecule has 0 bridgehead atoms. The van der Waals surface area contributed by atoms with Crippen LogP contribution in [0.5, 0.6) is 11.5 Å². The van der Waals surface area contributed by atoms with Crippen molar-refractivity contribution in [1.82, 2.24) is 10.3 Å². The number of hydrogen-bond donors (Lipinski definition) is 2. The lowest BCUT2D eigenvalue weighted by Gasteiger charge is -2.09. The second kappa shape index (κ2) is 12.9. The zero-order valence-corrected chi connectivity index (χ0v) is 18.4. The molecule has 33 heavy (non-hydrogen) atoms. The van der Waals surface area contributed by atoms with Crippen LogP contribution < -0.4 is 14.8 Å². The normalized spacial score (nSPS) is 10.4. The van der Waals surface area contributed by atoms with Gasteiger partial charge < -0.3 is 19.9 Å². The molecule has 1 amide bonds. The molecule has 1 heterocycles. The molecule has 0 saturated heterocycles. The van der Waals surface area contributed by atoms with Gasteiger partial charge in [-0.1, -0.05) is 42.5 Å². The SMILES string of the molecule is O=C(O)Oc1cncc(C(=O)NCCc2ccc(OCCCCCc3ccccc3)cc2)c1. The van der Waals surface area contributed by atoms with Crippen molar-refractivity contribution in [3.63, 3.8) is 0 Å². The third kappa shape index (κ3) is 8.65. The largest absolute Gasteiger partial charge is 0.511 e. The van der Waals surface area contributed by atoms with Crippen molar-refractivity contribution >= 4 is 12.1 Å². The zero-order valence-electron chi connectivity index (χ0n) is 18.4. The van der Waals surface area contributed by atoms with Crippen molar-refractivity contribution in [3.8, 4) is 11.5 Å². The van der Waals surface area contributed by atoms with Crippen LogP contribution in [0.25, 0.3) is 0 Å². The minimum atomic E-state index is -1.45. The smallest absolute Gasteiger partial charge is 0.494 e. The van der Waals surface area contributed by atoms with E-state index >= 15 is 0 Å². The summed E-state index contributed by atoms with van der Waals surface area (Å²) in [5, 5.41) is 11.4. The average Bonchev–Trinajstić information content (AvgIpc) is 2.82. The Balaban J connectivity index is 1.31. The van der Waals surface area contributed by atoms with E-state index in [9.17, 15) is 9.59 Å². The Morgan fingerprint density at radius 3 is 2.36 bits per heavy atom. The summed E-state index contributed by atoms with van der Waals surface area (Å²) in [7, 11) is 0. The number of aryl methyl sites for hydroxylation is 1. The van der Waals surface area contributed by atoms with Gasteiger partial charge in [-0.3, -0.25) is 9.78 Å². The van der Waals surface area contributed by atoms with E-state index in [1.807, 2.05) is 30.3 Å². The van der Waals surface area contributed by atoms with E-state index in [0.717, 1.165) is 37.0 Å². The highest BCUT2D eigenvalue weighted by Crippen LogP contribution is 2.14. The topological polar surface area (TPSA) is 97.8 Å². The number of nitrogens with zero attached hydrogens (tertiary/aromatic N) is 1. The van der Waals surface area contributed by atoms with Crippen LogP contribution >= 0.6 is 0 Å². The molecule has 7 heteroatoms. The van der Waals surface area contributed by atoms with Gasteiger partial charge in [0.05, 0.1) is 18.4 Å². The maximum atomic E-state index is 12.2. The molecule has 0 fully saturated rings. The number of nitrogens with one attached hydrogen (secondary N) is 1. The highest BCUT2D eigenvalue weighted by molar-refractivity contribution is 5.94. The van der Waals surface area contributed by atoms with Crippen molar-refractivity contribution in [2.45, 2.75) is 32.1 Å². The molecule has 0 aliphatic carbocycles. The lowest BCUT2D eigenvalue weighted by atomic mass is 10.1. The van der Waals surface area contributed by atoms with Gasteiger partial charge in [0.2, 0.25) is 0 Å². The van der Waals surface area contributed by atoms with E-state index in [2.05, 4.69) is 39.3 Å². The van der Waals surface area contributed by atoms with Crippen LogP contribution in [0.15, 0.2) is 73.1 Å². The lowest BCUT2D eigenvalue weighted by molar-refractivity contribution is 0.0952. The second-order valence-electron chi connectivity index (χ2n) is 7.57. The molecule has 0 aliphatic heterocycles. The molecule has 3 aromatic rings. The molecule has 3 rings (SSSR count).